The first-order valence-electron chi connectivity index (χ1n) is 12.8. The number of hydrogen-bond acceptors (Lipinski definition) is 0. The summed E-state index contributed by atoms with van der Waals surface area (Å²) >= 11 is 0. The molecule has 3 atom stereocenters. The Balaban J connectivity index is 1.39. The quantitative estimate of drug-likeness (QED) is 0.371. The molecule has 33 heavy (non-hydrogen) atoms. The monoisotopic (exact) mass is 460 g/mol. The van der Waals surface area contributed by atoms with Crippen LogP contribution in [0.3, 0.4) is 0 Å². The number of halogens is 4. The predicted octanol–water partition coefficient (Wildman–Crippen LogP) is 9.60. The van der Waals surface area contributed by atoms with Crippen molar-refractivity contribution in [2.75, 3.05) is 0 Å². The lowest BCUT2D eigenvalue weighted by Gasteiger charge is -2.39. The van der Waals surface area contributed by atoms with Gasteiger partial charge in [0.25, 0.3) is 0 Å². The van der Waals surface area contributed by atoms with Gasteiger partial charge in [0.2, 0.25) is 0 Å². The molecule has 4 heteroatoms. The van der Waals surface area contributed by atoms with Crippen LogP contribution >= 0.6 is 0 Å². The summed E-state index contributed by atoms with van der Waals surface area (Å²) in [6.45, 7) is 4.04. The molecule has 1 fully saturated rings. The molecule has 0 nitrogen and oxygen atoms in total. The summed E-state index contributed by atoms with van der Waals surface area (Å²) in [6, 6.07) is 7.84. The van der Waals surface area contributed by atoms with Crippen molar-refractivity contribution in [3.63, 3.8) is 0 Å². The lowest BCUT2D eigenvalue weighted by atomic mass is 9.67. The van der Waals surface area contributed by atoms with E-state index < -0.39 is 35.1 Å². The Morgan fingerprint density at radius 2 is 1.36 bits per heavy atom. The van der Waals surface area contributed by atoms with Crippen molar-refractivity contribution in [1.82, 2.24) is 0 Å². The topological polar surface area (TPSA) is 0 Å². The Kier molecular flexibility index (Phi) is 7.81. The van der Waals surface area contributed by atoms with E-state index in [9.17, 15) is 8.78 Å². The van der Waals surface area contributed by atoms with Crippen LogP contribution < -0.4 is 0 Å². The Bertz CT molecular complexity index is 915. The molecule has 4 rings (SSSR count). The van der Waals surface area contributed by atoms with Gasteiger partial charge >= 0.3 is 0 Å². The molecular formula is C29H36F4. The second kappa shape index (κ2) is 10.6. The third-order valence-corrected chi connectivity index (χ3v) is 8.33. The van der Waals surface area contributed by atoms with E-state index in [1.54, 1.807) is 0 Å². The van der Waals surface area contributed by atoms with Crippen molar-refractivity contribution in [2.24, 2.45) is 23.7 Å². The van der Waals surface area contributed by atoms with Crippen LogP contribution in [0.25, 0.3) is 0 Å². The summed E-state index contributed by atoms with van der Waals surface area (Å²) < 4.78 is 59.5. The third kappa shape index (κ3) is 5.00. The van der Waals surface area contributed by atoms with Gasteiger partial charge in [0.05, 0.1) is 0 Å². The van der Waals surface area contributed by atoms with Crippen LogP contribution in [0.15, 0.2) is 59.2 Å². The summed E-state index contributed by atoms with van der Waals surface area (Å²) in [4.78, 5) is 0. The smallest absolute Gasteiger partial charge is 0.157 e. The largest absolute Gasteiger partial charge is 0.209 e. The maximum Gasteiger partial charge on any atom is 0.157 e. The van der Waals surface area contributed by atoms with Gasteiger partial charge in [0.1, 0.15) is 17.5 Å². The molecule has 3 aliphatic carbocycles. The maximum atomic E-state index is 15.2. The fourth-order valence-electron chi connectivity index (χ4n) is 6.29. The number of benzene rings is 1. The molecule has 0 saturated heterocycles. The molecule has 1 aromatic rings. The summed E-state index contributed by atoms with van der Waals surface area (Å²) in [5.41, 5.74) is 2.54. The van der Waals surface area contributed by atoms with Gasteiger partial charge < -0.3 is 0 Å². The summed E-state index contributed by atoms with van der Waals surface area (Å²) in [5.74, 6) is -3.52. The van der Waals surface area contributed by atoms with E-state index in [1.807, 2.05) is 37.3 Å². The van der Waals surface area contributed by atoms with Crippen LogP contribution in [0.5, 0.6) is 0 Å². The van der Waals surface area contributed by atoms with E-state index in [2.05, 4.69) is 6.92 Å². The standard InChI is InChI=1S/C29H36F4/c1-3-5-22-14-15-23(27(31)26(22)30)20-10-12-21(13-11-20)25-17-16-24(28(32)29(25)33)19-8-6-18(4-2)7-9-19/h6-9,14,20-21,23-25H,3-5,10-13,15-17H2,1-2H3. The van der Waals surface area contributed by atoms with E-state index >= 15 is 8.78 Å². The van der Waals surface area contributed by atoms with E-state index in [1.165, 1.54) is 5.56 Å². The number of aryl methyl sites for hydroxylation is 1. The van der Waals surface area contributed by atoms with E-state index in [4.69, 9.17) is 0 Å². The highest BCUT2D eigenvalue weighted by Gasteiger charge is 2.40. The second-order valence-electron chi connectivity index (χ2n) is 10.2. The van der Waals surface area contributed by atoms with Gasteiger partial charge in [-0.15, -0.1) is 0 Å². The molecule has 3 aliphatic rings. The molecule has 0 heterocycles. The molecule has 0 bridgehead atoms. The molecule has 0 radical (unpaired) electrons. The van der Waals surface area contributed by atoms with Gasteiger partial charge in [-0.3, -0.25) is 0 Å². The fraction of sp³-hybridized carbons (Fsp3) is 0.586. The van der Waals surface area contributed by atoms with E-state index in [-0.39, 0.29) is 17.8 Å². The molecule has 0 spiro atoms. The van der Waals surface area contributed by atoms with Crippen molar-refractivity contribution in [2.45, 2.75) is 84.0 Å². The van der Waals surface area contributed by atoms with Gasteiger partial charge in [0.15, 0.2) is 5.83 Å². The van der Waals surface area contributed by atoms with Crippen LogP contribution in [0.2, 0.25) is 0 Å². The summed E-state index contributed by atoms with van der Waals surface area (Å²) in [5, 5.41) is 0. The van der Waals surface area contributed by atoms with Crippen LogP contribution in [-0.4, -0.2) is 0 Å². The zero-order valence-electron chi connectivity index (χ0n) is 19.9. The number of rotatable bonds is 6. The highest BCUT2D eigenvalue weighted by atomic mass is 19.2. The second-order valence-corrected chi connectivity index (χ2v) is 10.2. The fourth-order valence-corrected chi connectivity index (χ4v) is 6.29. The van der Waals surface area contributed by atoms with Crippen molar-refractivity contribution in [3.05, 3.63) is 70.3 Å². The maximum absolute atomic E-state index is 15.2. The van der Waals surface area contributed by atoms with Gasteiger partial charge in [-0.1, -0.05) is 50.6 Å². The van der Waals surface area contributed by atoms with Crippen LogP contribution in [0, 0.1) is 23.7 Å². The molecule has 180 valence electrons. The SMILES string of the molecule is CCCC1=CCC(C2CCC(C3CCC(c4ccc(CC)cc4)C(F)=C3F)CC2)C(F)=C1F. The number of allylic oxidation sites excluding steroid dienone is 6. The molecule has 0 aliphatic heterocycles. The highest BCUT2D eigenvalue weighted by Crippen LogP contribution is 2.50. The van der Waals surface area contributed by atoms with Crippen molar-refractivity contribution in [3.8, 4) is 0 Å². The van der Waals surface area contributed by atoms with Gasteiger partial charge in [-0.25, -0.2) is 17.6 Å². The first-order chi connectivity index (χ1) is 15.9. The van der Waals surface area contributed by atoms with Crippen molar-refractivity contribution in [1.29, 1.82) is 0 Å². The van der Waals surface area contributed by atoms with Gasteiger partial charge in [-0.2, -0.15) is 0 Å². The molecular weight excluding hydrogens is 424 g/mol. The lowest BCUT2D eigenvalue weighted by Crippen LogP contribution is -2.29. The van der Waals surface area contributed by atoms with Gasteiger partial charge in [0, 0.05) is 17.8 Å². The van der Waals surface area contributed by atoms with Crippen molar-refractivity contribution < 1.29 is 17.6 Å². The minimum Gasteiger partial charge on any atom is -0.209 e. The predicted molar refractivity (Wildman–Crippen MR) is 126 cm³/mol. The van der Waals surface area contributed by atoms with Crippen molar-refractivity contribution >= 4 is 0 Å². The first kappa shape index (κ1) is 24.3. The molecule has 0 amide bonds. The highest BCUT2D eigenvalue weighted by molar-refractivity contribution is 5.34. The minimum absolute atomic E-state index is 0.0803. The average molecular weight is 461 g/mol. The molecule has 0 aromatic heterocycles. The van der Waals surface area contributed by atoms with E-state index in [0.717, 1.165) is 44.1 Å². The molecule has 1 saturated carbocycles. The van der Waals surface area contributed by atoms with E-state index in [0.29, 0.717) is 31.3 Å². The van der Waals surface area contributed by atoms with Crippen LogP contribution in [0.4, 0.5) is 17.6 Å². The zero-order valence-corrected chi connectivity index (χ0v) is 19.9. The molecule has 0 N–H and O–H groups in total. The lowest BCUT2D eigenvalue weighted by molar-refractivity contribution is 0.148. The normalized spacial score (nSPS) is 31.1. The average Bonchev–Trinajstić information content (AvgIpc) is 2.84. The first-order valence-corrected chi connectivity index (χ1v) is 12.8. The number of hydrogen-bond donors (Lipinski definition) is 0. The summed E-state index contributed by atoms with van der Waals surface area (Å²) in [7, 11) is 0. The van der Waals surface area contributed by atoms with Gasteiger partial charge in [-0.05, 0) is 86.3 Å². The Morgan fingerprint density at radius 3 is 1.97 bits per heavy atom. The van der Waals surface area contributed by atoms with Crippen LogP contribution in [-0.2, 0) is 6.42 Å². The Hall–Kier alpha value is -1.84. The van der Waals surface area contributed by atoms with Crippen LogP contribution in [0.1, 0.15) is 88.7 Å². The Morgan fingerprint density at radius 1 is 0.727 bits per heavy atom. The Labute approximate surface area is 195 Å². The third-order valence-electron chi connectivity index (χ3n) is 8.33. The minimum atomic E-state index is -0.656. The molecule has 3 unspecified atom stereocenters. The zero-order chi connectivity index (χ0) is 23.5. The molecule has 1 aromatic carbocycles. The summed E-state index contributed by atoms with van der Waals surface area (Å²) in [6.07, 6.45) is 8.97.